The molecular formula is C17H20N8O2S. The Morgan fingerprint density at radius 2 is 2.21 bits per heavy atom. The van der Waals surface area contributed by atoms with E-state index in [1.54, 1.807) is 44.7 Å². The number of primary sulfonamides is 1. The van der Waals surface area contributed by atoms with Gasteiger partial charge in [0.15, 0.2) is 5.65 Å². The van der Waals surface area contributed by atoms with Gasteiger partial charge in [-0.1, -0.05) is 18.4 Å². The van der Waals surface area contributed by atoms with Crippen LogP contribution in [0.2, 0.25) is 0 Å². The standard InChI is InChI=1S/C17H20N8O2S/c1-4-5-14(7-6-12(2)28(19,26)27)22-17-23-16-15(13(10-18)11-20-3)21-8-9-25(16)24-17/h4-6,8-11,18,20H,2H2,1,3H3,(H,22,24)(H2,19,26,27)/b5-4-,13-11+,18-10?. The molecule has 0 aromatic carbocycles. The van der Waals surface area contributed by atoms with E-state index in [1.165, 1.54) is 4.52 Å². The maximum atomic E-state index is 11.3. The van der Waals surface area contributed by atoms with Gasteiger partial charge in [0.25, 0.3) is 0 Å². The first kappa shape index (κ1) is 20.8. The summed E-state index contributed by atoms with van der Waals surface area (Å²) in [6, 6.07) is 0. The maximum absolute atomic E-state index is 11.3. The highest BCUT2D eigenvalue weighted by Gasteiger charge is 2.12. The lowest BCUT2D eigenvalue weighted by Crippen LogP contribution is -2.12. The van der Waals surface area contributed by atoms with E-state index in [-0.39, 0.29) is 10.9 Å². The molecule has 0 unspecified atom stereocenters. The van der Waals surface area contributed by atoms with Crippen LogP contribution in [-0.4, -0.2) is 41.3 Å². The second-order valence-corrected chi connectivity index (χ2v) is 6.97. The lowest BCUT2D eigenvalue weighted by molar-refractivity contribution is 0.604. The topological polar surface area (TPSA) is 151 Å². The molecule has 0 aliphatic heterocycles. The number of anilines is 1. The van der Waals surface area contributed by atoms with Crippen LogP contribution in [0.25, 0.3) is 11.2 Å². The number of hydrogen-bond donors (Lipinski definition) is 4. The molecular weight excluding hydrogens is 380 g/mol. The second-order valence-electron chi connectivity index (χ2n) is 5.35. The Balaban J connectivity index is 2.47. The number of nitrogens with one attached hydrogen (secondary N) is 3. The Morgan fingerprint density at radius 1 is 1.46 bits per heavy atom. The van der Waals surface area contributed by atoms with E-state index in [2.05, 4.69) is 38.0 Å². The third-order valence-electron chi connectivity index (χ3n) is 3.32. The molecule has 0 saturated heterocycles. The van der Waals surface area contributed by atoms with Gasteiger partial charge in [0, 0.05) is 43.5 Å². The van der Waals surface area contributed by atoms with E-state index in [1.807, 2.05) is 0 Å². The number of rotatable bonds is 8. The van der Waals surface area contributed by atoms with Gasteiger partial charge in [-0.25, -0.2) is 18.1 Å². The molecule has 2 aromatic heterocycles. The predicted molar refractivity (Wildman–Crippen MR) is 109 cm³/mol. The minimum Gasteiger partial charge on any atom is -0.393 e. The fourth-order valence-electron chi connectivity index (χ4n) is 2.06. The third-order valence-corrected chi connectivity index (χ3v) is 4.17. The molecule has 2 heterocycles. The van der Waals surface area contributed by atoms with Gasteiger partial charge in [0.2, 0.25) is 16.0 Å². The Kier molecular flexibility index (Phi) is 6.61. The summed E-state index contributed by atoms with van der Waals surface area (Å²) in [4.78, 5) is 8.38. The van der Waals surface area contributed by atoms with Gasteiger partial charge in [-0.15, -0.1) is 5.10 Å². The summed E-state index contributed by atoms with van der Waals surface area (Å²) >= 11 is 0. The highest BCUT2D eigenvalue weighted by Crippen LogP contribution is 2.16. The van der Waals surface area contributed by atoms with Gasteiger partial charge in [0.1, 0.15) is 5.69 Å². The van der Waals surface area contributed by atoms with Crippen molar-refractivity contribution in [2.75, 3.05) is 12.4 Å². The van der Waals surface area contributed by atoms with Crippen molar-refractivity contribution < 1.29 is 8.42 Å². The van der Waals surface area contributed by atoms with Crippen LogP contribution in [0.3, 0.4) is 0 Å². The van der Waals surface area contributed by atoms with Crippen LogP contribution < -0.4 is 15.8 Å². The lowest BCUT2D eigenvalue weighted by atomic mass is 10.2. The van der Waals surface area contributed by atoms with Gasteiger partial charge in [-0.3, -0.25) is 4.98 Å². The quantitative estimate of drug-likeness (QED) is 0.295. The number of nitrogens with two attached hydrogens (primary N) is 1. The minimum atomic E-state index is -3.89. The monoisotopic (exact) mass is 400 g/mol. The fraction of sp³-hybridized carbons (Fsp3) is 0.118. The normalized spacial score (nSPS) is 11.9. The Labute approximate surface area is 162 Å². The van der Waals surface area contributed by atoms with Crippen LogP contribution in [0.15, 0.2) is 59.7 Å². The second kappa shape index (κ2) is 8.91. The first-order valence-electron chi connectivity index (χ1n) is 7.98. The number of aromatic nitrogens is 4. The van der Waals surface area contributed by atoms with E-state index < -0.39 is 10.0 Å². The van der Waals surface area contributed by atoms with Crippen molar-refractivity contribution in [1.29, 1.82) is 5.41 Å². The summed E-state index contributed by atoms with van der Waals surface area (Å²) < 4.78 is 24.0. The number of fused-ring (bicyclic) bond motifs is 1. The van der Waals surface area contributed by atoms with Gasteiger partial charge >= 0.3 is 0 Å². The van der Waals surface area contributed by atoms with Crippen LogP contribution in [-0.2, 0) is 10.0 Å². The van der Waals surface area contributed by atoms with Crippen molar-refractivity contribution in [1.82, 2.24) is 24.9 Å². The SMILES string of the molecule is C=C(C=C=C(/C=C\C)Nc1nc2c(/C(C=N)=C/NC)nccn2n1)S(N)(=O)=O. The Hall–Kier alpha value is -3.53. The highest BCUT2D eigenvalue weighted by atomic mass is 32.2. The molecule has 11 heteroatoms. The van der Waals surface area contributed by atoms with E-state index in [0.717, 1.165) is 12.3 Å². The molecule has 0 fully saturated rings. The van der Waals surface area contributed by atoms with Crippen molar-refractivity contribution >= 4 is 33.4 Å². The third kappa shape index (κ3) is 5.01. The zero-order valence-corrected chi connectivity index (χ0v) is 16.2. The maximum Gasteiger partial charge on any atom is 0.248 e. The Bertz CT molecular complexity index is 1140. The summed E-state index contributed by atoms with van der Waals surface area (Å²) in [5.41, 5.74) is 4.60. The van der Waals surface area contributed by atoms with E-state index in [0.29, 0.717) is 22.6 Å². The predicted octanol–water partition coefficient (Wildman–Crippen LogP) is 1.16. The first-order chi connectivity index (χ1) is 13.3. The van der Waals surface area contributed by atoms with Crippen molar-refractivity contribution in [3.05, 3.63) is 65.4 Å². The molecule has 2 aromatic rings. The number of nitrogens with zero attached hydrogens (tertiary/aromatic N) is 4. The summed E-state index contributed by atoms with van der Waals surface area (Å²) in [5.74, 6) is 0.234. The summed E-state index contributed by atoms with van der Waals surface area (Å²) in [5, 5.41) is 22.7. The molecule has 0 saturated carbocycles. The molecule has 146 valence electrons. The summed E-state index contributed by atoms with van der Waals surface area (Å²) in [7, 11) is -2.17. The van der Waals surface area contributed by atoms with Crippen LogP contribution in [0, 0.1) is 5.41 Å². The molecule has 0 bridgehead atoms. The molecule has 0 amide bonds. The van der Waals surface area contributed by atoms with Crippen molar-refractivity contribution in [3.63, 3.8) is 0 Å². The molecule has 2 rings (SSSR count). The number of sulfonamides is 1. The van der Waals surface area contributed by atoms with Crippen molar-refractivity contribution in [2.24, 2.45) is 5.14 Å². The van der Waals surface area contributed by atoms with Crippen LogP contribution in [0.5, 0.6) is 0 Å². The van der Waals surface area contributed by atoms with Gasteiger partial charge in [-0.2, -0.15) is 4.98 Å². The molecule has 0 spiro atoms. The van der Waals surface area contributed by atoms with Crippen molar-refractivity contribution in [2.45, 2.75) is 6.92 Å². The average molecular weight is 400 g/mol. The van der Waals surface area contributed by atoms with Gasteiger partial charge in [-0.05, 0) is 13.0 Å². The Morgan fingerprint density at radius 3 is 2.82 bits per heavy atom. The highest BCUT2D eigenvalue weighted by molar-refractivity contribution is 7.93. The van der Waals surface area contributed by atoms with Crippen LogP contribution in [0.4, 0.5) is 5.95 Å². The van der Waals surface area contributed by atoms with E-state index >= 15 is 0 Å². The minimum absolute atomic E-state index is 0.234. The zero-order valence-electron chi connectivity index (χ0n) is 15.3. The lowest BCUT2D eigenvalue weighted by Gasteiger charge is -2.01. The largest absolute Gasteiger partial charge is 0.393 e. The molecule has 28 heavy (non-hydrogen) atoms. The van der Waals surface area contributed by atoms with E-state index in [9.17, 15) is 8.42 Å². The van der Waals surface area contributed by atoms with Gasteiger partial charge < -0.3 is 16.0 Å². The molecule has 0 atom stereocenters. The molecule has 10 nitrogen and oxygen atoms in total. The summed E-state index contributed by atoms with van der Waals surface area (Å²) in [6.07, 6.45) is 10.5. The van der Waals surface area contributed by atoms with Gasteiger partial charge in [0.05, 0.1) is 10.6 Å². The number of hydrogen-bond acceptors (Lipinski definition) is 8. The molecule has 0 radical (unpaired) electrons. The average Bonchev–Trinajstić information content (AvgIpc) is 3.05. The van der Waals surface area contributed by atoms with Crippen LogP contribution in [0.1, 0.15) is 12.6 Å². The fourth-order valence-corrected chi connectivity index (χ4v) is 2.28. The molecule has 0 aliphatic carbocycles. The smallest absolute Gasteiger partial charge is 0.248 e. The zero-order chi connectivity index (χ0) is 20.7. The number of allylic oxidation sites excluding steroid dienone is 3. The first-order valence-corrected chi connectivity index (χ1v) is 9.52. The van der Waals surface area contributed by atoms with Crippen LogP contribution >= 0.6 is 0 Å². The van der Waals surface area contributed by atoms with Crippen molar-refractivity contribution in [3.8, 4) is 0 Å². The summed E-state index contributed by atoms with van der Waals surface area (Å²) in [6.45, 7) is 5.17. The molecule has 0 aliphatic rings. The molecule has 5 N–H and O–H groups in total. The van der Waals surface area contributed by atoms with E-state index in [4.69, 9.17) is 10.5 Å².